The molecule has 2 aromatic carbocycles. The predicted octanol–water partition coefficient (Wildman–Crippen LogP) is 6.55. The molecule has 5 nitrogen and oxygen atoms in total. The lowest BCUT2D eigenvalue weighted by Crippen LogP contribution is -2.62. The van der Waals surface area contributed by atoms with E-state index >= 15 is 0 Å². The van der Waals surface area contributed by atoms with Crippen molar-refractivity contribution in [2.45, 2.75) is 69.8 Å². The summed E-state index contributed by atoms with van der Waals surface area (Å²) in [5, 5.41) is 9.90. The largest absolute Gasteiger partial charge is 0.395 e. The Morgan fingerprint density at radius 3 is 2.50 bits per heavy atom. The molecule has 2 aliphatic heterocycles. The average molecular weight is 570 g/mol. The van der Waals surface area contributed by atoms with Crippen molar-refractivity contribution in [2.24, 2.45) is 16.2 Å². The maximum Gasteiger partial charge on any atom is 0.395 e. The van der Waals surface area contributed by atoms with Crippen molar-refractivity contribution >= 4 is 17.3 Å². The van der Waals surface area contributed by atoms with E-state index in [9.17, 15) is 17.6 Å². The van der Waals surface area contributed by atoms with Gasteiger partial charge in [-0.25, -0.2) is 4.39 Å². The van der Waals surface area contributed by atoms with Crippen molar-refractivity contribution in [3.05, 3.63) is 70.0 Å². The van der Waals surface area contributed by atoms with E-state index in [4.69, 9.17) is 11.6 Å². The maximum atomic E-state index is 14.7. The topological polar surface area (TPSA) is 37.2 Å². The van der Waals surface area contributed by atoms with E-state index in [0.29, 0.717) is 35.8 Å². The highest BCUT2D eigenvalue weighted by Crippen LogP contribution is 3.00. The first-order valence-electron chi connectivity index (χ1n) is 14.1. The third kappa shape index (κ3) is 2.70. The van der Waals surface area contributed by atoms with Crippen molar-refractivity contribution in [3.8, 4) is 5.69 Å². The molecule has 1 aromatic heterocycles. The van der Waals surface area contributed by atoms with Gasteiger partial charge < -0.3 is 4.90 Å². The van der Waals surface area contributed by atoms with Crippen LogP contribution >= 0.6 is 11.6 Å². The molecule has 2 spiro atoms. The number of aryl methyl sites for hydroxylation is 1. The Bertz CT molecular complexity index is 1620. The lowest BCUT2D eigenvalue weighted by molar-refractivity contribution is -0.220. The number of rotatable bonds is 3. The standard InChI is InChI=1S/C30H28ClF4N5/c1-17-3-2-4-22(24(17)32)38-15-26(16-38)8-19(9-26)25-37-36-23-11-39(10-18-7-20(31)5-6-21(18)40(23)25)29-13-27(29)12-28(27,14-29)30(33,34)35/h2-7,19H,8-16H2,1H3. The second-order valence-electron chi connectivity index (χ2n) is 13.5. The van der Waals surface area contributed by atoms with Crippen molar-refractivity contribution in [1.29, 1.82) is 0 Å². The van der Waals surface area contributed by atoms with Crippen LogP contribution in [0.4, 0.5) is 23.2 Å². The SMILES string of the molecule is Cc1cccc(N2CC3(CC(c4nnc5n4-c4ccc(Cl)cc4CN(C46CC7(C(F)(F)F)CC47C6)C5)C3)C2)c1F. The number of benzene rings is 2. The maximum absolute atomic E-state index is 14.7. The van der Waals surface area contributed by atoms with E-state index < -0.39 is 22.5 Å². The Labute approximate surface area is 234 Å². The van der Waals surface area contributed by atoms with Gasteiger partial charge in [0.2, 0.25) is 0 Å². The van der Waals surface area contributed by atoms with Crippen LogP contribution < -0.4 is 4.90 Å². The van der Waals surface area contributed by atoms with Gasteiger partial charge in [-0.1, -0.05) is 23.7 Å². The fourth-order valence-corrected chi connectivity index (χ4v) is 9.65. The normalized spacial score (nSPS) is 33.1. The van der Waals surface area contributed by atoms with E-state index in [1.807, 2.05) is 30.3 Å². The lowest BCUT2D eigenvalue weighted by Gasteiger charge is -2.59. The molecule has 3 atom stereocenters. The zero-order chi connectivity index (χ0) is 27.4. The minimum Gasteiger partial charge on any atom is -0.368 e. The Morgan fingerprint density at radius 1 is 0.975 bits per heavy atom. The van der Waals surface area contributed by atoms with Crippen molar-refractivity contribution in [2.75, 3.05) is 18.0 Å². The van der Waals surface area contributed by atoms with Crippen LogP contribution in [0, 0.1) is 29.0 Å². The summed E-state index contributed by atoms with van der Waals surface area (Å²) in [4.78, 5) is 4.36. The van der Waals surface area contributed by atoms with Gasteiger partial charge in [-0.3, -0.25) is 9.47 Å². The van der Waals surface area contributed by atoms with Crippen LogP contribution in [0.5, 0.6) is 0 Å². The van der Waals surface area contributed by atoms with E-state index in [1.54, 1.807) is 13.0 Å². The van der Waals surface area contributed by atoms with Crippen LogP contribution in [-0.4, -0.2) is 44.5 Å². The van der Waals surface area contributed by atoms with Gasteiger partial charge in [0.1, 0.15) is 11.6 Å². The van der Waals surface area contributed by atoms with Crippen LogP contribution in [0.15, 0.2) is 36.4 Å². The quantitative estimate of drug-likeness (QED) is 0.335. The molecule has 3 aromatic rings. The molecule has 4 aliphatic carbocycles. The minimum absolute atomic E-state index is 0.141. The number of fused-ring (bicyclic) bond motifs is 3. The van der Waals surface area contributed by atoms with Gasteiger partial charge in [0.25, 0.3) is 0 Å². The van der Waals surface area contributed by atoms with E-state index in [1.165, 1.54) is 0 Å². The van der Waals surface area contributed by atoms with Crippen LogP contribution in [0.1, 0.15) is 60.8 Å². The van der Waals surface area contributed by atoms with Crippen LogP contribution in [0.25, 0.3) is 5.69 Å². The molecule has 10 heteroatoms. The molecule has 0 bridgehead atoms. The van der Waals surface area contributed by atoms with Gasteiger partial charge in [0.15, 0.2) is 5.82 Å². The number of hydrogen-bond donors (Lipinski definition) is 0. The van der Waals surface area contributed by atoms with Crippen LogP contribution in [0.3, 0.4) is 0 Å². The molecule has 3 unspecified atom stereocenters. The zero-order valence-electron chi connectivity index (χ0n) is 22.0. The van der Waals surface area contributed by atoms with E-state index in [-0.39, 0.29) is 30.0 Å². The average Bonchev–Trinajstić information content (AvgIpc) is 3.54. The van der Waals surface area contributed by atoms with Gasteiger partial charge in [-0.15, -0.1) is 10.2 Å². The Morgan fingerprint density at radius 2 is 1.77 bits per heavy atom. The highest BCUT2D eigenvalue weighted by molar-refractivity contribution is 6.30. The molecule has 0 radical (unpaired) electrons. The first-order valence-corrected chi connectivity index (χ1v) is 14.4. The fraction of sp³-hybridized carbons (Fsp3) is 0.533. The summed E-state index contributed by atoms with van der Waals surface area (Å²) in [5.41, 5.74) is 0.997. The summed E-state index contributed by atoms with van der Waals surface area (Å²) < 4.78 is 58.4. The number of alkyl halides is 3. The molecule has 1 saturated heterocycles. The van der Waals surface area contributed by atoms with Gasteiger partial charge in [0, 0.05) is 46.9 Å². The molecular formula is C30H28ClF4N5. The fourth-order valence-electron chi connectivity index (χ4n) is 9.45. The molecule has 4 saturated carbocycles. The van der Waals surface area contributed by atoms with E-state index in [2.05, 4.69) is 24.6 Å². The summed E-state index contributed by atoms with van der Waals surface area (Å²) in [6.45, 7) is 4.49. The number of aromatic nitrogens is 3. The molecule has 3 heterocycles. The van der Waals surface area contributed by atoms with Crippen LogP contribution in [0.2, 0.25) is 5.02 Å². The lowest BCUT2D eigenvalue weighted by atomic mass is 9.57. The van der Waals surface area contributed by atoms with Gasteiger partial charge in [-0.05, 0) is 74.4 Å². The van der Waals surface area contributed by atoms with Crippen molar-refractivity contribution < 1.29 is 17.6 Å². The molecule has 0 N–H and O–H groups in total. The summed E-state index contributed by atoms with van der Waals surface area (Å²) in [7, 11) is 0. The highest BCUT2D eigenvalue weighted by atomic mass is 35.5. The zero-order valence-corrected chi connectivity index (χ0v) is 22.8. The molecular weight excluding hydrogens is 542 g/mol. The van der Waals surface area contributed by atoms with Crippen molar-refractivity contribution in [1.82, 2.24) is 19.7 Å². The first kappa shape index (κ1) is 24.0. The van der Waals surface area contributed by atoms with Gasteiger partial charge in [0.05, 0.1) is 23.3 Å². The second kappa shape index (κ2) is 7.04. The molecule has 5 fully saturated rings. The minimum atomic E-state index is -4.13. The third-order valence-electron chi connectivity index (χ3n) is 11.5. The van der Waals surface area contributed by atoms with Gasteiger partial charge in [-0.2, -0.15) is 13.2 Å². The number of nitrogens with zero attached hydrogens (tertiary/aromatic N) is 5. The smallest absolute Gasteiger partial charge is 0.368 e. The summed E-state index contributed by atoms with van der Waals surface area (Å²) in [5.74, 6) is 1.80. The van der Waals surface area contributed by atoms with Crippen molar-refractivity contribution in [3.63, 3.8) is 0 Å². The highest BCUT2D eigenvalue weighted by Gasteiger charge is 3.03. The summed E-state index contributed by atoms with van der Waals surface area (Å²) >= 11 is 6.42. The summed E-state index contributed by atoms with van der Waals surface area (Å²) in [6.07, 6.45) is -1.15. The predicted molar refractivity (Wildman–Crippen MR) is 141 cm³/mol. The monoisotopic (exact) mass is 569 g/mol. The van der Waals surface area contributed by atoms with E-state index in [0.717, 1.165) is 48.8 Å². The Balaban J connectivity index is 0.992. The second-order valence-corrected chi connectivity index (χ2v) is 14.0. The molecule has 0 amide bonds. The first-order chi connectivity index (χ1) is 19.0. The molecule has 40 heavy (non-hydrogen) atoms. The molecule has 6 aliphatic rings. The number of hydrogen-bond acceptors (Lipinski definition) is 4. The molecule has 9 rings (SSSR count). The number of halogens is 5. The Kier molecular flexibility index (Phi) is 4.22. The summed E-state index contributed by atoms with van der Waals surface area (Å²) in [6, 6.07) is 11.3. The number of anilines is 1. The Hall–Kier alpha value is -2.65. The van der Waals surface area contributed by atoms with Crippen LogP contribution in [-0.2, 0) is 13.1 Å². The third-order valence-corrected chi connectivity index (χ3v) is 11.8. The van der Waals surface area contributed by atoms with Gasteiger partial charge >= 0.3 is 6.18 Å². The molecule has 208 valence electrons.